The molecule has 2 saturated heterocycles. The van der Waals surface area contributed by atoms with Crippen LogP contribution in [0, 0.1) is 5.92 Å². The van der Waals surface area contributed by atoms with E-state index in [1.165, 1.54) is 13.8 Å². The normalized spacial score (nSPS) is 39.5. The minimum Gasteiger partial charge on any atom is -0.455 e. The van der Waals surface area contributed by atoms with E-state index in [4.69, 9.17) is 34.6 Å². The molecular weight excluding hydrogens is 352 g/mol. The van der Waals surface area contributed by atoms with Crippen molar-refractivity contribution >= 4 is 11.9 Å². The molecule has 0 bridgehead atoms. The number of carbonyl (C=O) groups excluding carboxylic acids is 2. The van der Waals surface area contributed by atoms with Crippen molar-refractivity contribution in [2.45, 2.75) is 77.2 Å². The summed E-state index contributed by atoms with van der Waals surface area (Å²) in [5, 5.41) is 35.3. The van der Waals surface area contributed by atoms with Gasteiger partial charge in [0.15, 0.2) is 12.4 Å². The molecule has 0 aromatic heterocycles. The summed E-state index contributed by atoms with van der Waals surface area (Å²) >= 11 is 0. The first kappa shape index (κ1) is 22.7. The van der Waals surface area contributed by atoms with E-state index in [1.54, 1.807) is 0 Å². The lowest BCUT2D eigenvalue weighted by atomic mass is 9.99. The van der Waals surface area contributed by atoms with Crippen molar-refractivity contribution in [3.8, 4) is 0 Å². The first-order valence-electron chi connectivity index (χ1n) is 8.42. The molecule has 2 aliphatic rings. The Morgan fingerprint density at radius 3 is 2.08 bits per heavy atom. The highest BCUT2D eigenvalue weighted by molar-refractivity contribution is 5.67. The topological polar surface area (TPSA) is 152 Å². The van der Waals surface area contributed by atoms with Crippen LogP contribution in [-0.2, 0) is 28.5 Å². The molecule has 2 fully saturated rings. The van der Waals surface area contributed by atoms with Crippen LogP contribution in [0.3, 0.4) is 0 Å². The van der Waals surface area contributed by atoms with Crippen molar-refractivity contribution in [1.29, 1.82) is 0 Å². The number of hydrogen-bond donors (Lipinski definition) is 4. The zero-order chi connectivity index (χ0) is 20.0. The van der Waals surface area contributed by atoms with Crippen LogP contribution in [0.1, 0.15) is 34.1 Å². The lowest BCUT2D eigenvalue weighted by Crippen LogP contribution is -2.52. The van der Waals surface area contributed by atoms with Crippen molar-refractivity contribution in [3.05, 3.63) is 0 Å². The summed E-state index contributed by atoms with van der Waals surface area (Å²) in [4.78, 5) is 21.8. The van der Waals surface area contributed by atoms with Crippen LogP contribution in [0.2, 0.25) is 0 Å². The molecule has 2 rings (SSSR count). The summed E-state index contributed by atoms with van der Waals surface area (Å²) in [5.74, 6) is -0.807. The molecule has 10 nitrogen and oxygen atoms in total. The van der Waals surface area contributed by atoms with Gasteiger partial charge in [-0.05, 0) is 6.42 Å². The number of rotatable bonds is 3. The lowest BCUT2D eigenvalue weighted by molar-refractivity contribution is -0.252. The van der Waals surface area contributed by atoms with Crippen LogP contribution in [0.4, 0.5) is 0 Å². The van der Waals surface area contributed by atoms with Crippen molar-refractivity contribution < 1.29 is 49.0 Å². The first-order valence-corrected chi connectivity index (χ1v) is 8.42. The van der Waals surface area contributed by atoms with Gasteiger partial charge >= 0.3 is 11.9 Å². The van der Waals surface area contributed by atoms with Crippen molar-refractivity contribution in [2.75, 3.05) is 6.61 Å². The number of aliphatic hydroxyl groups is 4. The molecule has 2 aliphatic heterocycles. The maximum Gasteiger partial charge on any atom is 0.305 e. The molecule has 0 saturated carbocycles. The zero-order valence-electron chi connectivity index (χ0n) is 15.3. The molecule has 0 amide bonds. The summed E-state index contributed by atoms with van der Waals surface area (Å²) in [6.07, 6.45) is -5.78. The Hall–Kier alpha value is -1.30. The van der Waals surface area contributed by atoms with Gasteiger partial charge in [0.25, 0.3) is 0 Å². The second kappa shape index (κ2) is 10.1. The van der Waals surface area contributed by atoms with Crippen LogP contribution in [0.25, 0.3) is 0 Å². The predicted molar refractivity (Wildman–Crippen MR) is 85.4 cm³/mol. The standard InChI is InChI=1S/C11H18O5.C5H10O5/c1-5-9-6(2)10(14-7(3)12)11(16-9)15-8(4)13;6-2-1-10-5(9)4(8)3(2)7/h6,9-11H,5H2,1-4H3;2-9H,1H2/t6-,9+,10+,11?;2-,3+,4-,5?/m10/s1. The molecule has 8 atom stereocenters. The van der Waals surface area contributed by atoms with E-state index >= 15 is 0 Å². The molecule has 0 aliphatic carbocycles. The Morgan fingerprint density at radius 1 is 1.04 bits per heavy atom. The van der Waals surface area contributed by atoms with Crippen molar-refractivity contribution in [3.63, 3.8) is 0 Å². The minimum absolute atomic E-state index is 0.0262. The van der Waals surface area contributed by atoms with Crippen LogP contribution >= 0.6 is 0 Å². The Bertz CT molecular complexity index is 456. The Labute approximate surface area is 151 Å². The summed E-state index contributed by atoms with van der Waals surface area (Å²) in [7, 11) is 0. The quantitative estimate of drug-likeness (QED) is 0.433. The molecular formula is C16H28O10. The number of ether oxygens (including phenoxy) is 4. The SMILES string of the molecule is CC[C@@H]1OC(OC(C)=O)[C@@H](OC(C)=O)[C@@H]1C.OC1OC[C@H](O)[C@@H](O)[C@@H]1O. The largest absolute Gasteiger partial charge is 0.455 e. The van der Waals surface area contributed by atoms with Crippen molar-refractivity contribution in [1.82, 2.24) is 0 Å². The molecule has 10 heteroatoms. The molecule has 4 N–H and O–H groups in total. The van der Waals surface area contributed by atoms with E-state index in [1.807, 2.05) is 13.8 Å². The fourth-order valence-electron chi connectivity index (χ4n) is 2.70. The predicted octanol–water partition coefficient (Wildman–Crippen LogP) is -1.33. The van der Waals surface area contributed by atoms with E-state index in [-0.39, 0.29) is 18.6 Å². The third-order valence-electron chi connectivity index (χ3n) is 4.14. The second-order valence-electron chi connectivity index (χ2n) is 6.27. The van der Waals surface area contributed by atoms with Crippen LogP contribution in [-0.4, -0.2) is 82.1 Å². The van der Waals surface area contributed by atoms with Gasteiger partial charge in [-0.15, -0.1) is 0 Å². The summed E-state index contributed by atoms with van der Waals surface area (Å²) in [6, 6.07) is 0. The number of aliphatic hydroxyl groups excluding tert-OH is 4. The lowest BCUT2D eigenvalue weighted by Gasteiger charge is -2.31. The average Bonchev–Trinajstić information content (AvgIpc) is 2.84. The van der Waals surface area contributed by atoms with E-state index in [0.29, 0.717) is 0 Å². The van der Waals surface area contributed by atoms with E-state index < -0.39 is 48.9 Å². The van der Waals surface area contributed by atoms with Gasteiger partial charge < -0.3 is 39.4 Å². The van der Waals surface area contributed by atoms with Crippen LogP contribution in [0.5, 0.6) is 0 Å². The highest BCUT2D eigenvalue weighted by atomic mass is 16.7. The van der Waals surface area contributed by atoms with Gasteiger partial charge in [-0.25, -0.2) is 0 Å². The summed E-state index contributed by atoms with van der Waals surface area (Å²) in [6.45, 7) is 6.38. The Morgan fingerprint density at radius 2 is 1.62 bits per heavy atom. The van der Waals surface area contributed by atoms with Crippen LogP contribution < -0.4 is 0 Å². The van der Waals surface area contributed by atoms with E-state index in [2.05, 4.69) is 4.74 Å². The monoisotopic (exact) mass is 380 g/mol. The summed E-state index contributed by atoms with van der Waals surface area (Å²) in [5.41, 5.74) is 0. The first-order chi connectivity index (χ1) is 12.1. The average molecular weight is 380 g/mol. The summed E-state index contributed by atoms with van der Waals surface area (Å²) < 4.78 is 20.1. The zero-order valence-corrected chi connectivity index (χ0v) is 15.3. The number of esters is 2. The molecule has 2 heterocycles. The Balaban J connectivity index is 0.000000289. The molecule has 152 valence electrons. The maximum atomic E-state index is 11.0. The Kier molecular flexibility index (Phi) is 8.87. The van der Waals surface area contributed by atoms with E-state index in [9.17, 15) is 9.59 Å². The molecule has 2 unspecified atom stereocenters. The van der Waals surface area contributed by atoms with Gasteiger partial charge in [-0.1, -0.05) is 13.8 Å². The van der Waals surface area contributed by atoms with Gasteiger partial charge in [0.05, 0.1) is 12.7 Å². The van der Waals surface area contributed by atoms with Gasteiger partial charge in [-0.3, -0.25) is 9.59 Å². The smallest absolute Gasteiger partial charge is 0.305 e. The molecule has 26 heavy (non-hydrogen) atoms. The molecule has 0 aromatic rings. The second-order valence-corrected chi connectivity index (χ2v) is 6.27. The molecule has 0 aromatic carbocycles. The number of carbonyl (C=O) groups is 2. The fraction of sp³-hybridized carbons (Fsp3) is 0.875. The fourth-order valence-corrected chi connectivity index (χ4v) is 2.70. The highest BCUT2D eigenvalue weighted by Gasteiger charge is 2.45. The third kappa shape index (κ3) is 6.15. The minimum atomic E-state index is -1.41. The van der Waals surface area contributed by atoms with Gasteiger partial charge in [-0.2, -0.15) is 0 Å². The highest BCUT2D eigenvalue weighted by Crippen LogP contribution is 2.31. The number of hydrogen-bond acceptors (Lipinski definition) is 10. The van der Waals surface area contributed by atoms with Gasteiger partial charge in [0.1, 0.15) is 18.3 Å². The molecule has 0 spiro atoms. The third-order valence-corrected chi connectivity index (χ3v) is 4.14. The molecule has 0 radical (unpaired) electrons. The van der Waals surface area contributed by atoms with E-state index in [0.717, 1.165) is 6.42 Å². The van der Waals surface area contributed by atoms with Gasteiger partial charge in [0.2, 0.25) is 6.29 Å². The van der Waals surface area contributed by atoms with Crippen molar-refractivity contribution in [2.24, 2.45) is 5.92 Å². The van der Waals surface area contributed by atoms with Crippen LogP contribution in [0.15, 0.2) is 0 Å². The van der Waals surface area contributed by atoms with Gasteiger partial charge in [0, 0.05) is 19.8 Å². The maximum absolute atomic E-state index is 11.0.